The molecule has 1 saturated heterocycles. The van der Waals surface area contributed by atoms with E-state index in [9.17, 15) is 4.79 Å². The fraction of sp³-hybridized carbons (Fsp3) is 0.533. The Morgan fingerprint density at radius 2 is 2.16 bits per heavy atom. The average Bonchev–Trinajstić information content (AvgIpc) is 2.47. The molecule has 2 unspecified atom stereocenters. The summed E-state index contributed by atoms with van der Waals surface area (Å²) in [4.78, 5) is 13.9. The van der Waals surface area contributed by atoms with Crippen LogP contribution in [0.4, 0.5) is 0 Å². The Labute approximate surface area is 114 Å². The Morgan fingerprint density at radius 3 is 2.84 bits per heavy atom. The molecule has 0 aliphatic carbocycles. The number of ether oxygens (including phenoxy) is 1. The third kappa shape index (κ3) is 3.78. The van der Waals surface area contributed by atoms with Gasteiger partial charge in [0, 0.05) is 12.6 Å². The summed E-state index contributed by atoms with van der Waals surface area (Å²) in [6.07, 6.45) is 1.88. The molecule has 104 valence electrons. The van der Waals surface area contributed by atoms with Crippen LogP contribution in [0.1, 0.15) is 18.4 Å². The monoisotopic (exact) mass is 262 g/mol. The number of methoxy groups -OCH3 is 1. The lowest BCUT2D eigenvalue weighted by Gasteiger charge is -2.35. The Bertz CT molecular complexity index is 408. The van der Waals surface area contributed by atoms with Crippen LogP contribution in [0.2, 0.25) is 0 Å². The molecule has 4 heteroatoms. The zero-order valence-corrected chi connectivity index (χ0v) is 11.6. The summed E-state index contributed by atoms with van der Waals surface area (Å²) < 4.78 is 4.82. The van der Waals surface area contributed by atoms with Crippen molar-refractivity contribution in [3.8, 4) is 0 Å². The van der Waals surface area contributed by atoms with Gasteiger partial charge in [0.25, 0.3) is 0 Å². The van der Waals surface area contributed by atoms with Crippen molar-refractivity contribution in [3.05, 3.63) is 35.9 Å². The second kappa shape index (κ2) is 6.68. The number of piperidine rings is 1. The van der Waals surface area contributed by atoms with Crippen molar-refractivity contribution >= 4 is 5.97 Å². The highest BCUT2D eigenvalue weighted by Gasteiger charge is 2.29. The summed E-state index contributed by atoms with van der Waals surface area (Å²) in [5, 5.41) is 3.22. The van der Waals surface area contributed by atoms with Gasteiger partial charge in [-0.15, -0.1) is 0 Å². The van der Waals surface area contributed by atoms with Gasteiger partial charge in [-0.2, -0.15) is 0 Å². The molecule has 0 amide bonds. The Morgan fingerprint density at radius 1 is 1.42 bits per heavy atom. The number of benzene rings is 1. The van der Waals surface area contributed by atoms with Crippen molar-refractivity contribution in [2.45, 2.75) is 31.5 Å². The van der Waals surface area contributed by atoms with Gasteiger partial charge in [-0.05, 0) is 32.0 Å². The zero-order valence-electron chi connectivity index (χ0n) is 11.6. The van der Waals surface area contributed by atoms with Gasteiger partial charge in [0.15, 0.2) is 0 Å². The van der Waals surface area contributed by atoms with Crippen molar-refractivity contribution < 1.29 is 9.53 Å². The number of carbonyl (C=O) groups excluding carboxylic acids is 1. The number of hydrogen-bond acceptors (Lipinski definition) is 4. The SMILES string of the molecule is COC(=O)C1CC(N(C)Cc2ccccc2)CCN1. The molecular formula is C15H22N2O2. The molecule has 0 radical (unpaired) electrons. The van der Waals surface area contributed by atoms with E-state index >= 15 is 0 Å². The summed E-state index contributed by atoms with van der Waals surface area (Å²) in [6, 6.07) is 10.7. The molecule has 0 aromatic heterocycles. The van der Waals surface area contributed by atoms with Crippen LogP contribution in [0.3, 0.4) is 0 Å². The number of rotatable bonds is 4. The number of hydrogen-bond donors (Lipinski definition) is 1. The van der Waals surface area contributed by atoms with Crippen LogP contribution in [0.15, 0.2) is 30.3 Å². The van der Waals surface area contributed by atoms with E-state index < -0.39 is 0 Å². The molecule has 1 aromatic rings. The second-order valence-electron chi connectivity index (χ2n) is 5.11. The van der Waals surface area contributed by atoms with Gasteiger partial charge in [0.1, 0.15) is 6.04 Å². The Balaban J connectivity index is 1.92. The summed E-state index contributed by atoms with van der Waals surface area (Å²) in [5.74, 6) is -0.155. The standard InChI is InChI=1S/C15H22N2O2/c1-17(11-12-6-4-3-5-7-12)13-8-9-16-14(10-13)15(18)19-2/h3-7,13-14,16H,8-11H2,1-2H3. The molecule has 1 heterocycles. The maximum atomic E-state index is 11.6. The van der Waals surface area contributed by atoms with Crippen LogP contribution in [0.25, 0.3) is 0 Å². The van der Waals surface area contributed by atoms with Gasteiger partial charge in [-0.25, -0.2) is 0 Å². The Kier molecular flexibility index (Phi) is 4.93. The van der Waals surface area contributed by atoms with Gasteiger partial charge < -0.3 is 10.1 Å². The largest absolute Gasteiger partial charge is 0.468 e. The van der Waals surface area contributed by atoms with Gasteiger partial charge in [-0.1, -0.05) is 30.3 Å². The normalized spacial score (nSPS) is 23.3. The average molecular weight is 262 g/mol. The smallest absolute Gasteiger partial charge is 0.322 e. The number of nitrogens with one attached hydrogen (secondary N) is 1. The van der Waals surface area contributed by atoms with Crippen LogP contribution in [-0.4, -0.2) is 43.7 Å². The molecule has 2 atom stereocenters. The highest BCUT2D eigenvalue weighted by molar-refractivity contribution is 5.75. The predicted molar refractivity (Wildman–Crippen MR) is 74.7 cm³/mol. The van der Waals surface area contributed by atoms with Gasteiger partial charge in [0.2, 0.25) is 0 Å². The van der Waals surface area contributed by atoms with E-state index in [4.69, 9.17) is 4.74 Å². The molecule has 19 heavy (non-hydrogen) atoms. The van der Waals surface area contributed by atoms with Crippen molar-refractivity contribution in [2.75, 3.05) is 20.7 Å². The van der Waals surface area contributed by atoms with Gasteiger partial charge in [0.05, 0.1) is 7.11 Å². The van der Waals surface area contributed by atoms with E-state index in [-0.39, 0.29) is 12.0 Å². The first-order valence-corrected chi connectivity index (χ1v) is 6.76. The summed E-state index contributed by atoms with van der Waals surface area (Å²) >= 11 is 0. The maximum absolute atomic E-state index is 11.6. The van der Waals surface area contributed by atoms with Crippen LogP contribution in [0.5, 0.6) is 0 Å². The fourth-order valence-electron chi connectivity index (χ4n) is 2.62. The summed E-state index contributed by atoms with van der Waals surface area (Å²) in [7, 11) is 3.57. The van der Waals surface area contributed by atoms with E-state index in [0.717, 1.165) is 25.9 Å². The summed E-state index contributed by atoms with van der Waals surface area (Å²) in [6.45, 7) is 1.78. The van der Waals surface area contributed by atoms with Crippen LogP contribution >= 0.6 is 0 Å². The minimum atomic E-state index is -0.165. The first kappa shape index (κ1) is 14.0. The minimum absolute atomic E-state index is 0.155. The molecular weight excluding hydrogens is 240 g/mol. The number of nitrogens with zero attached hydrogens (tertiary/aromatic N) is 1. The molecule has 0 bridgehead atoms. The third-order valence-corrected chi connectivity index (χ3v) is 3.76. The highest BCUT2D eigenvalue weighted by Crippen LogP contribution is 2.17. The van der Waals surface area contributed by atoms with Crippen molar-refractivity contribution in [1.29, 1.82) is 0 Å². The molecule has 0 saturated carbocycles. The molecule has 1 N–H and O–H groups in total. The van der Waals surface area contributed by atoms with Crippen molar-refractivity contribution in [2.24, 2.45) is 0 Å². The molecule has 1 aliphatic heterocycles. The molecule has 4 nitrogen and oxygen atoms in total. The van der Waals surface area contributed by atoms with Crippen LogP contribution < -0.4 is 5.32 Å². The lowest BCUT2D eigenvalue weighted by molar-refractivity contribution is -0.144. The van der Waals surface area contributed by atoms with Gasteiger partial charge >= 0.3 is 5.97 Å². The first-order chi connectivity index (χ1) is 9.20. The Hall–Kier alpha value is -1.39. The molecule has 1 aliphatic rings. The summed E-state index contributed by atoms with van der Waals surface area (Å²) in [5.41, 5.74) is 1.30. The van der Waals surface area contributed by atoms with Crippen molar-refractivity contribution in [3.63, 3.8) is 0 Å². The van der Waals surface area contributed by atoms with Crippen LogP contribution in [0, 0.1) is 0 Å². The van der Waals surface area contributed by atoms with E-state index in [1.165, 1.54) is 12.7 Å². The molecule has 2 rings (SSSR count). The second-order valence-corrected chi connectivity index (χ2v) is 5.11. The minimum Gasteiger partial charge on any atom is -0.468 e. The van der Waals surface area contributed by atoms with E-state index in [2.05, 4.69) is 41.5 Å². The number of carbonyl (C=O) groups is 1. The molecule has 1 fully saturated rings. The van der Waals surface area contributed by atoms with E-state index in [0.29, 0.717) is 6.04 Å². The van der Waals surface area contributed by atoms with E-state index in [1.54, 1.807) is 0 Å². The first-order valence-electron chi connectivity index (χ1n) is 6.76. The van der Waals surface area contributed by atoms with Crippen LogP contribution in [-0.2, 0) is 16.1 Å². The van der Waals surface area contributed by atoms with Crippen molar-refractivity contribution in [1.82, 2.24) is 10.2 Å². The highest BCUT2D eigenvalue weighted by atomic mass is 16.5. The predicted octanol–water partition coefficient (Wildman–Crippen LogP) is 1.41. The fourth-order valence-corrected chi connectivity index (χ4v) is 2.62. The quantitative estimate of drug-likeness (QED) is 0.833. The van der Waals surface area contributed by atoms with Gasteiger partial charge in [-0.3, -0.25) is 9.69 Å². The van der Waals surface area contributed by atoms with E-state index in [1.807, 2.05) is 6.07 Å². The zero-order chi connectivity index (χ0) is 13.7. The molecule has 1 aromatic carbocycles. The number of esters is 1. The topological polar surface area (TPSA) is 41.6 Å². The lowest BCUT2D eigenvalue weighted by Crippen LogP contribution is -2.50. The molecule has 0 spiro atoms. The maximum Gasteiger partial charge on any atom is 0.322 e. The third-order valence-electron chi connectivity index (χ3n) is 3.76. The lowest BCUT2D eigenvalue weighted by atomic mass is 9.98.